The number of amides is 11. The molecule has 0 radical (unpaired) electrons. The highest BCUT2D eigenvalue weighted by Crippen LogP contribution is 2.16. The van der Waals surface area contributed by atoms with Crippen molar-refractivity contribution >= 4 is 71.1 Å². The third kappa shape index (κ3) is 22.8. The molecule has 20 N–H and O–H groups in total. The zero-order chi connectivity index (χ0) is 61.4. The maximum absolute atomic E-state index is 14.7. The lowest BCUT2D eigenvalue weighted by Crippen LogP contribution is -2.67. The van der Waals surface area contributed by atoms with Crippen LogP contribution in [0.4, 0.5) is 4.79 Å². The van der Waals surface area contributed by atoms with Crippen molar-refractivity contribution in [3.8, 4) is 0 Å². The number of rotatable bonds is 18. The molecule has 1 aliphatic heterocycles. The molecule has 1 heterocycles. The number of nitrogens with two attached hydrogens (primary N) is 2. The summed E-state index contributed by atoms with van der Waals surface area (Å²) in [5.41, 5.74) is 11.3. The molecule has 2 unspecified atom stereocenters. The van der Waals surface area contributed by atoms with E-state index in [0.29, 0.717) is 5.56 Å². The number of carbonyl (C=O) groups excluding carboxylic acids is 11. The normalized spacial score (nSPS) is 25.3. The van der Waals surface area contributed by atoms with Crippen LogP contribution in [0.3, 0.4) is 0 Å². The number of hydrogen-bond donors (Lipinski definition) is 18. The first-order chi connectivity index (χ1) is 37.9. The maximum atomic E-state index is 14.7. The van der Waals surface area contributed by atoms with E-state index in [2.05, 4.69) is 53.2 Å². The van der Waals surface area contributed by atoms with E-state index < -0.39 is 175 Å². The topological polar surface area (TPSA) is 486 Å². The molecule has 0 aromatic heterocycles. The summed E-state index contributed by atoms with van der Waals surface area (Å²) in [6.07, 6.45) is -7.04. The molecular weight excluding hydrogens is 1060 g/mol. The van der Waals surface area contributed by atoms with Crippen LogP contribution in [-0.4, -0.2) is 184 Å². The summed E-state index contributed by atoms with van der Waals surface area (Å²) < 4.78 is 5.40. The number of benzene rings is 1. The second kappa shape index (κ2) is 33.8. The molecule has 30 heteroatoms. The quantitative estimate of drug-likeness (QED) is 0.0370. The molecule has 1 aliphatic rings. The second-order valence-corrected chi connectivity index (χ2v) is 20.9. The van der Waals surface area contributed by atoms with Gasteiger partial charge in [0.25, 0.3) is 0 Å². The van der Waals surface area contributed by atoms with Gasteiger partial charge < -0.3 is 95.1 Å². The van der Waals surface area contributed by atoms with Crippen LogP contribution in [0.5, 0.6) is 0 Å². The van der Waals surface area contributed by atoms with Crippen LogP contribution in [0.15, 0.2) is 30.3 Å². The lowest BCUT2D eigenvalue weighted by molar-refractivity contribution is -0.140. The number of carbonyl (C=O) groups is 11. The SMILES string of the molecule is CC[C@H](C)[C@@H]1NC(=O)[C@@H](CCCNC(=N)N)NC(=O)[C@H](CC(C)C)NC(=O)[C@H]([C@H](O)C(C)C)NC(=O)[C@@H](NC(=O)OCc2ccccc2)[C@@H](C(C)C)NC(=O)C(CO)NC(=O)C([C@H](O)C(N)=O)NC(=O)CNC(=O)[C@H]([C@H](C)O)NC1=O. The van der Waals surface area contributed by atoms with Crippen LogP contribution < -0.4 is 70.0 Å². The predicted molar refractivity (Wildman–Crippen MR) is 290 cm³/mol. The number of aliphatic hydroxyl groups excluding tert-OH is 4. The summed E-state index contributed by atoms with van der Waals surface area (Å²) in [6, 6.07) is -7.64. The third-order valence-corrected chi connectivity index (χ3v) is 13.0. The molecule has 0 saturated carbocycles. The van der Waals surface area contributed by atoms with Crippen molar-refractivity contribution in [2.75, 3.05) is 19.7 Å². The number of guanidine groups is 1. The Morgan fingerprint density at radius 1 is 0.679 bits per heavy atom. The molecule has 1 fully saturated rings. The van der Waals surface area contributed by atoms with Gasteiger partial charge >= 0.3 is 6.09 Å². The van der Waals surface area contributed by atoms with Crippen LogP contribution in [-0.2, 0) is 59.3 Å². The fourth-order valence-electron chi connectivity index (χ4n) is 8.09. The number of alkyl carbamates (subject to hydrolysis) is 1. The van der Waals surface area contributed by atoms with E-state index in [0.717, 1.165) is 6.92 Å². The van der Waals surface area contributed by atoms with Gasteiger partial charge in [-0.05, 0) is 55.4 Å². The number of aliphatic hydroxyl groups is 4. The van der Waals surface area contributed by atoms with Gasteiger partial charge in [0.2, 0.25) is 59.1 Å². The van der Waals surface area contributed by atoms with Gasteiger partial charge in [-0.3, -0.25) is 53.4 Å². The Kier molecular flexibility index (Phi) is 29.0. The molecular formula is C51H84N14O16. The Labute approximate surface area is 469 Å². The molecule has 0 spiro atoms. The summed E-state index contributed by atoms with van der Waals surface area (Å²) in [4.78, 5) is 153. The van der Waals surface area contributed by atoms with Gasteiger partial charge in [0.15, 0.2) is 12.1 Å². The molecule has 454 valence electrons. The minimum Gasteiger partial charge on any atom is -0.445 e. The third-order valence-electron chi connectivity index (χ3n) is 13.0. The number of nitrogens with one attached hydrogen (secondary N) is 12. The smallest absolute Gasteiger partial charge is 0.408 e. The van der Waals surface area contributed by atoms with Crippen LogP contribution in [0.25, 0.3) is 0 Å². The van der Waals surface area contributed by atoms with Crippen molar-refractivity contribution in [3.05, 3.63) is 35.9 Å². The highest BCUT2D eigenvalue weighted by atomic mass is 16.5. The van der Waals surface area contributed by atoms with Crippen molar-refractivity contribution in [3.63, 3.8) is 0 Å². The average Bonchev–Trinajstić information content (AvgIpc) is 3.40. The van der Waals surface area contributed by atoms with E-state index in [9.17, 15) is 73.2 Å². The number of primary amides is 1. The largest absolute Gasteiger partial charge is 0.445 e. The second-order valence-electron chi connectivity index (χ2n) is 20.9. The standard InChI is InChI=1S/C51H84N14O16/c1-10-26(8)34-46(76)63-35(27(9)67)45(75)56-20-32(68)60-38(40(70)41(52)71)49(79)59-31(21-66)44(74)61-33(24(4)5)36(65-51(80)81-22-28-15-12-11-13-16-28)47(77)64-37(39(69)25(6)7)48(78)58-30(19-23(2)3)43(73)57-29(42(72)62-34)17-14-18-55-50(53)54/h11-13,15-16,23-27,29-31,33-40,66-67,69-70H,10,14,17-22H2,1-9H3,(H2,52,71)(H,56,75)(H,57,73)(H,58,78)(H,59,79)(H,60,68)(H,61,74)(H,62,72)(H,63,76)(H,64,77)(H,65,80)(H4,53,54,55)/t26-,27-,29+,30-,31?,33+,34-,35-,36-,37-,38?,39+,40-/m0/s1. The van der Waals surface area contributed by atoms with E-state index in [1.165, 1.54) is 27.7 Å². The van der Waals surface area contributed by atoms with E-state index >= 15 is 0 Å². The molecule has 1 saturated heterocycles. The Morgan fingerprint density at radius 2 is 1.22 bits per heavy atom. The lowest BCUT2D eigenvalue weighted by Gasteiger charge is -2.34. The first kappa shape index (κ1) is 69.4. The summed E-state index contributed by atoms with van der Waals surface area (Å²) in [7, 11) is 0. The summed E-state index contributed by atoms with van der Waals surface area (Å²) in [6.45, 7) is 11.3. The molecule has 0 aliphatic carbocycles. The van der Waals surface area contributed by atoms with Crippen molar-refractivity contribution < 1.29 is 77.9 Å². The highest BCUT2D eigenvalue weighted by molar-refractivity contribution is 6.00. The monoisotopic (exact) mass is 1150 g/mol. The van der Waals surface area contributed by atoms with E-state index in [-0.39, 0.29) is 44.8 Å². The fourth-order valence-corrected chi connectivity index (χ4v) is 8.09. The summed E-state index contributed by atoms with van der Waals surface area (Å²) in [5, 5.41) is 77.2. The lowest BCUT2D eigenvalue weighted by atomic mass is 9.93. The fraction of sp³-hybridized carbons (Fsp3) is 0.647. The van der Waals surface area contributed by atoms with Crippen LogP contribution >= 0.6 is 0 Å². The van der Waals surface area contributed by atoms with Crippen molar-refractivity contribution in [2.45, 2.75) is 167 Å². The molecule has 1 aromatic rings. The van der Waals surface area contributed by atoms with Crippen molar-refractivity contribution in [1.82, 2.24) is 58.5 Å². The predicted octanol–water partition coefficient (Wildman–Crippen LogP) is -5.46. The zero-order valence-electron chi connectivity index (χ0n) is 47.1. The van der Waals surface area contributed by atoms with Crippen LogP contribution in [0.1, 0.15) is 93.6 Å². The van der Waals surface area contributed by atoms with E-state index in [1.807, 2.05) is 5.32 Å². The van der Waals surface area contributed by atoms with Crippen molar-refractivity contribution in [2.24, 2.45) is 35.1 Å². The molecule has 0 bridgehead atoms. The van der Waals surface area contributed by atoms with Gasteiger partial charge in [-0.15, -0.1) is 0 Å². The zero-order valence-corrected chi connectivity index (χ0v) is 47.1. The van der Waals surface area contributed by atoms with Gasteiger partial charge in [0.1, 0.15) is 54.9 Å². The number of ether oxygens (including phenoxy) is 1. The van der Waals surface area contributed by atoms with Gasteiger partial charge in [-0.25, -0.2) is 4.79 Å². The Hall–Kier alpha value is -7.70. The Bertz CT molecular complexity index is 2340. The Balaban J connectivity index is 2.93. The summed E-state index contributed by atoms with van der Waals surface area (Å²) >= 11 is 0. The van der Waals surface area contributed by atoms with E-state index in [1.54, 1.807) is 58.0 Å². The van der Waals surface area contributed by atoms with Gasteiger partial charge in [0.05, 0.1) is 31.4 Å². The average molecular weight is 1150 g/mol. The molecule has 81 heavy (non-hydrogen) atoms. The first-order valence-corrected chi connectivity index (χ1v) is 26.6. The summed E-state index contributed by atoms with van der Waals surface area (Å²) in [5.74, 6) is -15.1. The van der Waals surface area contributed by atoms with Crippen LogP contribution in [0.2, 0.25) is 0 Å². The molecule has 30 nitrogen and oxygen atoms in total. The molecule has 2 rings (SSSR count). The van der Waals surface area contributed by atoms with Crippen molar-refractivity contribution in [1.29, 1.82) is 5.41 Å². The minimum atomic E-state index is -2.51. The van der Waals surface area contributed by atoms with E-state index in [4.69, 9.17) is 21.6 Å². The first-order valence-electron chi connectivity index (χ1n) is 26.6. The van der Waals surface area contributed by atoms with Gasteiger partial charge in [-0.1, -0.05) is 92.1 Å². The molecule has 1 aromatic carbocycles. The van der Waals surface area contributed by atoms with Gasteiger partial charge in [0, 0.05) is 6.54 Å². The maximum Gasteiger partial charge on any atom is 0.408 e. The minimum absolute atomic E-state index is 0.0393. The van der Waals surface area contributed by atoms with Crippen LogP contribution in [0, 0.1) is 29.1 Å². The molecule has 11 amide bonds. The Morgan fingerprint density at radius 3 is 1.77 bits per heavy atom. The molecule has 13 atom stereocenters. The highest BCUT2D eigenvalue weighted by Gasteiger charge is 2.42. The number of hydrogen-bond acceptors (Lipinski definition) is 17. The van der Waals surface area contributed by atoms with Gasteiger partial charge in [-0.2, -0.15) is 0 Å².